The molecule has 2 aromatic heterocycles. The second-order valence-corrected chi connectivity index (χ2v) is 10.2. The monoisotopic (exact) mass is 475 g/mol. The number of benzene rings is 1. The molecule has 2 amide bonds. The van der Waals surface area contributed by atoms with Crippen LogP contribution >= 0.6 is 0 Å². The largest absolute Gasteiger partial charge is 0.449 e. The first kappa shape index (κ1) is 24.6. The van der Waals surface area contributed by atoms with Gasteiger partial charge in [0.1, 0.15) is 5.69 Å². The van der Waals surface area contributed by atoms with Crippen molar-refractivity contribution in [3.05, 3.63) is 54.5 Å². The third-order valence-corrected chi connectivity index (χ3v) is 6.23. The van der Waals surface area contributed by atoms with Gasteiger partial charge < -0.3 is 15.4 Å². The summed E-state index contributed by atoms with van der Waals surface area (Å²) < 4.78 is 5.40. The summed E-state index contributed by atoms with van der Waals surface area (Å²) in [5.41, 5.74) is 2.28. The molecular formula is C27H33N5O3. The summed E-state index contributed by atoms with van der Waals surface area (Å²) >= 11 is 0. The van der Waals surface area contributed by atoms with E-state index < -0.39 is 0 Å². The Bertz CT molecular complexity index is 1170. The van der Waals surface area contributed by atoms with Crippen molar-refractivity contribution in [3.63, 3.8) is 0 Å². The normalized spacial score (nSPS) is 18.1. The van der Waals surface area contributed by atoms with E-state index in [4.69, 9.17) is 4.74 Å². The molecule has 1 fully saturated rings. The van der Waals surface area contributed by atoms with Crippen LogP contribution in [-0.4, -0.2) is 45.6 Å². The van der Waals surface area contributed by atoms with Crippen LogP contribution in [0.3, 0.4) is 0 Å². The Morgan fingerprint density at radius 3 is 2.49 bits per heavy atom. The Labute approximate surface area is 205 Å². The van der Waals surface area contributed by atoms with Crippen molar-refractivity contribution in [1.82, 2.24) is 25.6 Å². The van der Waals surface area contributed by atoms with Gasteiger partial charge in [0, 0.05) is 29.9 Å². The number of fused-ring (bicyclic) bond motifs is 1. The number of rotatable bonds is 6. The molecule has 4 rings (SSSR count). The molecule has 0 saturated heterocycles. The van der Waals surface area contributed by atoms with Gasteiger partial charge in [-0.1, -0.05) is 18.2 Å². The molecule has 0 unspecified atom stereocenters. The quantitative estimate of drug-likeness (QED) is 0.533. The Morgan fingerprint density at radius 2 is 1.77 bits per heavy atom. The lowest BCUT2D eigenvalue weighted by Crippen LogP contribution is -2.41. The average molecular weight is 476 g/mol. The molecular weight excluding hydrogens is 442 g/mol. The zero-order valence-corrected chi connectivity index (χ0v) is 20.6. The van der Waals surface area contributed by atoms with Crippen LogP contribution in [0.4, 0.5) is 4.79 Å². The van der Waals surface area contributed by atoms with Gasteiger partial charge in [-0.3, -0.25) is 14.8 Å². The van der Waals surface area contributed by atoms with Gasteiger partial charge in [0.25, 0.3) is 5.91 Å². The van der Waals surface area contributed by atoms with Crippen LogP contribution in [0.25, 0.3) is 22.3 Å². The number of para-hydroxylation sites is 1. The van der Waals surface area contributed by atoms with Gasteiger partial charge in [-0.05, 0) is 70.4 Å². The number of alkyl carbamates (subject to hydrolysis) is 1. The second kappa shape index (κ2) is 10.8. The molecule has 0 aliphatic heterocycles. The van der Waals surface area contributed by atoms with Crippen molar-refractivity contribution < 1.29 is 14.3 Å². The number of amides is 2. The minimum atomic E-state index is -0.364. The Morgan fingerprint density at radius 1 is 1.03 bits per heavy atom. The van der Waals surface area contributed by atoms with Crippen LogP contribution in [0.15, 0.2) is 48.9 Å². The summed E-state index contributed by atoms with van der Waals surface area (Å²) in [5.74, 6) is 0.663. The van der Waals surface area contributed by atoms with Crippen molar-refractivity contribution in [2.45, 2.75) is 52.0 Å². The lowest BCUT2D eigenvalue weighted by atomic mass is 9.82. The summed E-state index contributed by atoms with van der Waals surface area (Å²) in [6.45, 7) is 6.85. The van der Waals surface area contributed by atoms with Crippen molar-refractivity contribution >= 4 is 22.9 Å². The van der Waals surface area contributed by atoms with Crippen molar-refractivity contribution in [1.29, 1.82) is 0 Å². The van der Waals surface area contributed by atoms with Gasteiger partial charge >= 0.3 is 6.09 Å². The third kappa shape index (κ3) is 6.74. The number of pyridine rings is 1. The molecule has 1 aliphatic carbocycles. The van der Waals surface area contributed by atoms with Crippen molar-refractivity contribution in [3.8, 4) is 11.4 Å². The maximum absolute atomic E-state index is 13.2. The highest BCUT2D eigenvalue weighted by Gasteiger charge is 2.24. The first-order valence-corrected chi connectivity index (χ1v) is 12.2. The van der Waals surface area contributed by atoms with Crippen LogP contribution in [0.1, 0.15) is 56.8 Å². The second-order valence-electron chi connectivity index (χ2n) is 10.2. The molecule has 2 N–H and O–H groups in total. The first-order valence-electron chi connectivity index (χ1n) is 12.2. The maximum atomic E-state index is 13.2. The minimum Gasteiger partial charge on any atom is -0.449 e. The summed E-state index contributed by atoms with van der Waals surface area (Å²) in [6.07, 6.45) is 8.47. The van der Waals surface area contributed by atoms with Crippen LogP contribution in [0.2, 0.25) is 0 Å². The summed E-state index contributed by atoms with van der Waals surface area (Å²) in [5, 5.41) is 6.77. The molecule has 1 saturated carbocycles. The van der Waals surface area contributed by atoms with E-state index in [9.17, 15) is 9.59 Å². The van der Waals surface area contributed by atoms with Gasteiger partial charge in [0.15, 0.2) is 0 Å². The number of nitrogens with one attached hydrogen (secondary N) is 2. The highest BCUT2D eigenvalue weighted by molar-refractivity contribution is 6.07. The molecule has 184 valence electrons. The summed E-state index contributed by atoms with van der Waals surface area (Å²) in [4.78, 5) is 38.2. The van der Waals surface area contributed by atoms with Gasteiger partial charge in [-0.15, -0.1) is 0 Å². The fraction of sp³-hybridized carbons (Fsp3) is 0.444. The van der Waals surface area contributed by atoms with Gasteiger partial charge in [0.2, 0.25) is 0 Å². The molecule has 3 aromatic rings. The number of ether oxygens (including phenoxy) is 1. The van der Waals surface area contributed by atoms with E-state index in [2.05, 4.69) is 25.6 Å². The molecule has 0 atom stereocenters. The van der Waals surface area contributed by atoms with E-state index in [1.54, 1.807) is 24.7 Å². The highest BCUT2D eigenvalue weighted by atomic mass is 16.5. The predicted molar refractivity (Wildman–Crippen MR) is 135 cm³/mol. The summed E-state index contributed by atoms with van der Waals surface area (Å²) in [6, 6.07) is 9.43. The van der Waals surface area contributed by atoms with Gasteiger partial charge in [0.05, 0.1) is 29.6 Å². The number of carbonyl (C=O) groups excluding carboxylic acids is 2. The van der Waals surface area contributed by atoms with Crippen molar-refractivity contribution in [2.75, 3.05) is 13.2 Å². The first-order chi connectivity index (χ1) is 16.8. The zero-order chi connectivity index (χ0) is 24.8. The molecule has 35 heavy (non-hydrogen) atoms. The minimum absolute atomic E-state index is 0.113. The molecule has 0 radical (unpaired) electrons. The van der Waals surface area contributed by atoms with Gasteiger partial charge in [-0.25, -0.2) is 9.78 Å². The summed E-state index contributed by atoms with van der Waals surface area (Å²) in [7, 11) is 0. The molecule has 0 spiro atoms. The topological polar surface area (TPSA) is 106 Å². The Hall–Kier alpha value is -3.55. The number of aromatic nitrogens is 3. The maximum Gasteiger partial charge on any atom is 0.407 e. The van der Waals surface area contributed by atoms with Crippen LogP contribution in [0, 0.1) is 11.8 Å². The number of carbonyl (C=O) groups is 2. The van der Waals surface area contributed by atoms with Crippen LogP contribution < -0.4 is 10.6 Å². The van der Waals surface area contributed by atoms with E-state index >= 15 is 0 Å². The Balaban J connectivity index is 1.33. The number of hydrogen-bond acceptors (Lipinski definition) is 6. The fourth-order valence-electron chi connectivity index (χ4n) is 4.40. The van der Waals surface area contributed by atoms with Crippen LogP contribution in [0.5, 0.6) is 0 Å². The lowest BCUT2D eigenvalue weighted by molar-refractivity contribution is 0.0916. The van der Waals surface area contributed by atoms with E-state index in [1.165, 1.54) is 0 Å². The molecule has 0 bridgehead atoms. The number of hydrogen-bond donors (Lipinski definition) is 2. The molecule has 8 nitrogen and oxygen atoms in total. The fourth-order valence-corrected chi connectivity index (χ4v) is 4.40. The van der Waals surface area contributed by atoms with E-state index in [1.807, 2.05) is 45.0 Å². The van der Waals surface area contributed by atoms with Gasteiger partial charge in [-0.2, -0.15) is 0 Å². The average Bonchev–Trinajstić information content (AvgIpc) is 2.85. The predicted octanol–water partition coefficient (Wildman–Crippen LogP) is 4.75. The zero-order valence-electron chi connectivity index (χ0n) is 20.6. The molecule has 1 aliphatic rings. The highest BCUT2D eigenvalue weighted by Crippen LogP contribution is 2.29. The standard InChI is InChI=1S/C27H33N5O3/c1-27(2,3)32-26(34)35-17-19-10-8-18(9-11-19)15-30-25(33)21-14-23(24-16-28-12-13-29-24)31-22-7-5-4-6-20(21)22/h4-7,12-14,16,18-19H,8-11,15,17H2,1-3H3,(H,30,33)(H,32,34). The smallest absolute Gasteiger partial charge is 0.407 e. The van der Waals surface area contributed by atoms with E-state index in [0.717, 1.165) is 36.6 Å². The molecule has 1 aromatic carbocycles. The van der Waals surface area contributed by atoms with Crippen LogP contribution in [-0.2, 0) is 4.74 Å². The SMILES string of the molecule is CC(C)(C)NC(=O)OCC1CCC(CNC(=O)c2cc(-c3cnccn3)nc3ccccc23)CC1. The lowest BCUT2D eigenvalue weighted by Gasteiger charge is -2.29. The van der Waals surface area contributed by atoms with E-state index in [0.29, 0.717) is 41.9 Å². The third-order valence-electron chi connectivity index (χ3n) is 6.23. The molecule has 8 heteroatoms. The van der Waals surface area contributed by atoms with Crippen molar-refractivity contribution in [2.24, 2.45) is 11.8 Å². The molecule has 2 heterocycles. The van der Waals surface area contributed by atoms with E-state index in [-0.39, 0.29) is 17.5 Å². The number of nitrogens with zero attached hydrogens (tertiary/aromatic N) is 3. The Kier molecular flexibility index (Phi) is 7.58.